The lowest BCUT2D eigenvalue weighted by atomic mass is 9.84. The molecule has 0 unspecified atom stereocenters. The van der Waals surface area contributed by atoms with Crippen molar-refractivity contribution in [1.82, 2.24) is 10.2 Å². The Morgan fingerprint density at radius 2 is 1.87 bits per heavy atom. The van der Waals surface area contributed by atoms with Crippen molar-refractivity contribution in [3.05, 3.63) is 85.3 Å². The predicted molar refractivity (Wildman–Crippen MR) is 115 cm³/mol. The van der Waals surface area contributed by atoms with Gasteiger partial charge in [-0.15, -0.1) is 5.10 Å². The fraction of sp³-hybridized carbons (Fsp3) is 0.143. The van der Waals surface area contributed by atoms with Gasteiger partial charge in [0.05, 0.1) is 16.0 Å². The first-order chi connectivity index (χ1) is 14.4. The second-order valence-corrected chi connectivity index (χ2v) is 7.97. The molecule has 1 aliphatic heterocycles. The number of allylic oxidation sites excluding steroid dienone is 1. The highest BCUT2D eigenvalue weighted by atomic mass is 35.5. The van der Waals surface area contributed by atoms with Crippen molar-refractivity contribution in [3.8, 4) is 17.7 Å². The summed E-state index contributed by atoms with van der Waals surface area (Å²) in [5.41, 5.74) is 9.27. The third kappa shape index (κ3) is 3.68. The fourth-order valence-corrected chi connectivity index (χ4v) is 4.09. The molecule has 152 valence electrons. The van der Waals surface area contributed by atoms with Crippen molar-refractivity contribution >= 4 is 34.8 Å². The van der Waals surface area contributed by atoms with E-state index >= 15 is 0 Å². The van der Waals surface area contributed by atoms with Crippen molar-refractivity contribution in [2.45, 2.75) is 19.4 Å². The van der Waals surface area contributed by atoms with E-state index in [9.17, 15) is 5.26 Å². The number of fused-ring (bicyclic) bond motifs is 1. The summed E-state index contributed by atoms with van der Waals surface area (Å²) >= 11 is 18.9. The van der Waals surface area contributed by atoms with E-state index in [1.165, 1.54) is 0 Å². The van der Waals surface area contributed by atoms with Gasteiger partial charge < -0.3 is 15.2 Å². The zero-order valence-electron chi connectivity index (χ0n) is 15.7. The van der Waals surface area contributed by atoms with Crippen LogP contribution >= 0.6 is 34.8 Å². The number of halogens is 3. The Kier molecular flexibility index (Phi) is 5.52. The van der Waals surface area contributed by atoms with Crippen molar-refractivity contribution < 1.29 is 9.47 Å². The molecule has 1 aliphatic rings. The normalized spacial score (nSPS) is 15.4. The maximum Gasteiger partial charge on any atom is 0.244 e. The molecule has 0 radical (unpaired) electrons. The van der Waals surface area contributed by atoms with Gasteiger partial charge in [-0.25, -0.2) is 0 Å². The number of aromatic nitrogens is 2. The molecule has 0 amide bonds. The summed E-state index contributed by atoms with van der Waals surface area (Å²) in [4.78, 5) is 0. The van der Waals surface area contributed by atoms with Gasteiger partial charge >= 0.3 is 0 Å². The molecule has 9 heteroatoms. The van der Waals surface area contributed by atoms with Crippen LogP contribution in [0.1, 0.15) is 28.3 Å². The van der Waals surface area contributed by atoms with Crippen molar-refractivity contribution in [2.75, 3.05) is 0 Å². The molecule has 1 atom stereocenters. The zero-order chi connectivity index (χ0) is 21.4. The zero-order valence-corrected chi connectivity index (χ0v) is 17.9. The molecular formula is C21H15Cl3N4O2. The van der Waals surface area contributed by atoms with Gasteiger partial charge in [0.15, 0.2) is 5.75 Å². The van der Waals surface area contributed by atoms with Crippen LogP contribution in [0.25, 0.3) is 0 Å². The number of nitrogens with zero attached hydrogens (tertiary/aromatic N) is 2. The minimum Gasteiger partial charge on any atom is -0.486 e. The average molecular weight is 462 g/mol. The van der Waals surface area contributed by atoms with Crippen molar-refractivity contribution in [1.29, 1.82) is 5.26 Å². The molecule has 3 aromatic rings. The number of nitriles is 1. The highest BCUT2D eigenvalue weighted by Crippen LogP contribution is 2.45. The molecule has 0 saturated carbocycles. The van der Waals surface area contributed by atoms with Gasteiger partial charge in [0.25, 0.3) is 0 Å². The standard InChI is InChI=1S/C21H15Cl3N4O2/c1-10-17-18(14(8-25)20(26)30-21(17)28-27-10)12-6-15(23)19(16(24)7-12)29-9-11-2-4-13(22)5-3-11/h2-7,18H,9,26H2,1H3,(H,27,28)/t18-/m0/s1. The van der Waals surface area contributed by atoms with E-state index in [0.29, 0.717) is 37.8 Å². The molecule has 0 saturated heterocycles. The third-order valence-corrected chi connectivity index (χ3v) is 5.59. The number of nitrogens with one attached hydrogen (secondary N) is 1. The van der Waals surface area contributed by atoms with Crippen LogP contribution in [-0.4, -0.2) is 10.2 Å². The summed E-state index contributed by atoms with van der Waals surface area (Å²) in [7, 11) is 0. The maximum atomic E-state index is 9.67. The summed E-state index contributed by atoms with van der Waals surface area (Å²) in [5.74, 6) is 0.155. The summed E-state index contributed by atoms with van der Waals surface area (Å²) in [6.45, 7) is 2.11. The molecule has 4 rings (SSSR count). The van der Waals surface area contributed by atoms with Crippen LogP contribution in [0.2, 0.25) is 15.1 Å². The SMILES string of the molecule is Cc1[nH]nc2c1[C@@H](c1cc(Cl)c(OCc3ccc(Cl)cc3)c(Cl)c1)C(C#N)=C(N)O2. The number of nitrogens with two attached hydrogens (primary N) is 1. The topological polar surface area (TPSA) is 97.0 Å². The van der Waals surface area contributed by atoms with E-state index in [-0.39, 0.29) is 18.1 Å². The van der Waals surface area contributed by atoms with Crippen LogP contribution < -0.4 is 15.2 Å². The third-order valence-electron chi connectivity index (χ3n) is 4.78. The molecule has 0 aliphatic carbocycles. The number of benzene rings is 2. The minimum atomic E-state index is -0.516. The Bertz CT molecular complexity index is 1170. The van der Waals surface area contributed by atoms with Gasteiger partial charge in [0, 0.05) is 16.3 Å². The van der Waals surface area contributed by atoms with Crippen molar-refractivity contribution in [3.63, 3.8) is 0 Å². The molecule has 0 bridgehead atoms. The van der Waals surface area contributed by atoms with Gasteiger partial charge in [-0.2, -0.15) is 5.26 Å². The first-order valence-electron chi connectivity index (χ1n) is 8.87. The molecule has 6 nitrogen and oxygen atoms in total. The molecule has 1 aromatic heterocycles. The second kappa shape index (κ2) is 8.11. The van der Waals surface area contributed by atoms with Crippen molar-refractivity contribution in [2.24, 2.45) is 5.73 Å². The predicted octanol–water partition coefficient (Wildman–Crippen LogP) is 5.48. The number of rotatable bonds is 4. The van der Waals surface area contributed by atoms with Gasteiger partial charge in [0.1, 0.15) is 18.2 Å². The van der Waals surface area contributed by atoms with Crippen LogP contribution in [0.4, 0.5) is 0 Å². The first kappa shape index (κ1) is 20.4. The first-order valence-corrected chi connectivity index (χ1v) is 10.0. The number of aryl methyl sites for hydroxylation is 1. The second-order valence-electron chi connectivity index (χ2n) is 6.72. The molecule has 0 spiro atoms. The van der Waals surface area contributed by atoms with Crippen LogP contribution in [0.5, 0.6) is 11.6 Å². The number of hydrogen-bond acceptors (Lipinski definition) is 5. The lowest BCUT2D eigenvalue weighted by Crippen LogP contribution is -2.21. The Hall–Kier alpha value is -2.85. The van der Waals surface area contributed by atoms with Crippen LogP contribution in [0.15, 0.2) is 47.9 Å². The highest BCUT2D eigenvalue weighted by Gasteiger charge is 2.35. The largest absolute Gasteiger partial charge is 0.486 e. The monoisotopic (exact) mass is 460 g/mol. The number of H-pyrrole nitrogens is 1. The molecule has 0 fully saturated rings. The summed E-state index contributed by atoms with van der Waals surface area (Å²) in [6.07, 6.45) is 0. The Balaban J connectivity index is 1.70. The maximum absolute atomic E-state index is 9.67. The number of ether oxygens (including phenoxy) is 2. The molecular weight excluding hydrogens is 447 g/mol. The minimum absolute atomic E-state index is 0.00295. The Labute approximate surface area is 187 Å². The molecule has 30 heavy (non-hydrogen) atoms. The van der Waals surface area contributed by atoms with Gasteiger partial charge in [-0.3, -0.25) is 5.10 Å². The fourth-order valence-electron chi connectivity index (χ4n) is 3.35. The Morgan fingerprint density at radius 3 is 2.50 bits per heavy atom. The lowest BCUT2D eigenvalue weighted by Gasteiger charge is -2.24. The summed E-state index contributed by atoms with van der Waals surface area (Å²) < 4.78 is 11.3. The molecule has 2 heterocycles. The average Bonchev–Trinajstić information content (AvgIpc) is 3.07. The van der Waals surface area contributed by atoms with Crippen LogP contribution in [-0.2, 0) is 6.61 Å². The Morgan fingerprint density at radius 1 is 1.20 bits per heavy atom. The lowest BCUT2D eigenvalue weighted by molar-refractivity contribution is 0.306. The van der Waals surface area contributed by atoms with E-state index in [1.807, 2.05) is 19.1 Å². The van der Waals surface area contributed by atoms with E-state index in [0.717, 1.165) is 11.3 Å². The summed E-state index contributed by atoms with van der Waals surface area (Å²) in [5, 5.41) is 17.9. The molecule has 2 aromatic carbocycles. The van der Waals surface area contributed by atoms with Gasteiger partial charge in [-0.1, -0.05) is 46.9 Å². The van der Waals surface area contributed by atoms with E-state index in [2.05, 4.69) is 16.3 Å². The number of aromatic amines is 1. The molecule has 3 N–H and O–H groups in total. The quantitative estimate of drug-likeness (QED) is 0.536. The van der Waals surface area contributed by atoms with E-state index in [4.69, 9.17) is 50.0 Å². The van der Waals surface area contributed by atoms with E-state index in [1.54, 1.807) is 24.3 Å². The highest BCUT2D eigenvalue weighted by molar-refractivity contribution is 6.37. The van der Waals surface area contributed by atoms with Crippen LogP contribution in [0.3, 0.4) is 0 Å². The van der Waals surface area contributed by atoms with Crippen LogP contribution in [0, 0.1) is 18.3 Å². The smallest absolute Gasteiger partial charge is 0.244 e. The number of hydrogen-bond donors (Lipinski definition) is 2. The van der Waals surface area contributed by atoms with Gasteiger partial charge in [0.2, 0.25) is 11.8 Å². The summed E-state index contributed by atoms with van der Waals surface area (Å²) in [6, 6.07) is 12.8. The van der Waals surface area contributed by atoms with Gasteiger partial charge in [-0.05, 0) is 42.3 Å². The van der Waals surface area contributed by atoms with E-state index < -0.39 is 5.92 Å².